The van der Waals surface area contributed by atoms with Crippen molar-refractivity contribution in [3.05, 3.63) is 11.3 Å². The second kappa shape index (κ2) is 3.88. The Labute approximate surface area is 125 Å². The van der Waals surface area contributed by atoms with Gasteiger partial charge in [0, 0.05) is 11.3 Å². The zero-order valence-corrected chi connectivity index (χ0v) is 15.1. The molecule has 3 aliphatic carbocycles. The topological polar surface area (TPSA) is 17.1 Å². The number of carbonyl (C=O) groups is 1. The van der Waals surface area contributed by atoms with E-state index in [1.807, 2.05) is 0 Å². The number of fused-ring (bicyclic) bond motifs is 5. The molecule has 3 rings (SSSR count). The standard InChI is InChI=1S/C18H30OSi/c1-16-9-7-10-18(16,3)17(2)11-8-13(12-20(4,5)6)14(16)15(17)19/h12,14H,7-11H2,1-6H3/b13-12-/t14-,16-,17+,18-/m0/s1. The summed E-state index contributed by atoms with van der Waals surface area (Å²) in [5.74, 6) is 0.818. The highest BCUT2D eigenvalue weighted by Crippen LogP contribution is 2.75. The van der Waals surface area contributed by atoms with Crippen molar-refractivity contribution < 1.29 is 4.79 Å². The fourth-order valence-corrected chi connectivity index (χ4v) is 7.27. The first-order chi connectivity index (χ1) is 9.05. The van der Waals surface area contributed by atoms with Crippen molar-refractivity contribution in [1.29, 1.82) is 0 Å². The van der Waals surface area contributed by atoms with Gasteiger partial charge in [0.15, 0.2) is 0 Å². The van der Waals surface area contributed by atoms with Crippen LogP contribution in [0.1, 0.15) is 52.9 Å². The number of hydrogen-bond donors (Lipinski definition) is 0. The van der Waals surface area contributed by atoms with E-state index in [1.165, 1.54) is 31.3 Å². The first-order valence-corrected chi connectivity index (χ1v) is 11.9. The molecule has 0 aromatic carbocycles. The molecule has 0 radical (unpaired) electrons. The number of Topliss-reactive ketones (excluding diaryl/α,β-unsaturated/α-hetero) is 1. The second-order valence-corrected chi connectivity index (χ2v) is 14.3. The van der Waals surface area contributed by atoms with Gasteiger partial charge in [0.25, 0.3) is 0 Å². The monoisotopic (exact) mass is 290 g/mol. The Kier molecular flexibility index (Phi) is 2.82. The van der Waals surface area contributed by atoms with Crippen LogP contribution in [0.2, 0.25) is 19.6 Å². The van der Waals surface area contributed by atoms with E-state index >= 15 is 0 Å². The van der Waals surface area contributed by atoms with Gasteiger partial charge in [-0.3, -0.25) is 4.79 Å². The molecule has 3 saturated carbocycles. The molecule has 3 fully saturated rings. The maximum atomic E-state index is 13.2. The molecule has 0 N–H and O–H groups in total. The average molecular weight is 291 g/mol. The molecule has 0 aromatic heterocycles. The Morgan fingerprint density at radius 2 is 1.75 bits per heavy atom. The summed E-state index contributed by atoms with van der Waals surface area (Å²) in [5.41, 5.74) is 4.46. The molecule has 0 aromatic rings. The number of allylic oxidation sites excluding steroid dienone is 1. The van der Waals surface area contributed by atoms with Gasteiger partial charge in [0.2, 0.25) is 0 Å². The van der Waals surface area contributed by atoms with Gasteiger partial charge in [-0.1, -0.05) is 58.1 Å². The lowest BCUT2D eigenvalue weighted by Crippen LogP contribution is -2.41. The SMILES string of the molecule is C[C@]12CCC[C@@]1(C)[C@@H]1C(=O)[C@@]2(C)CC/C1=C/[Si](C)(C)C. The van der Waals surface area contributed by atoms with Crippen LogP contribution in [0.5, 0.6) is 0 Å². The molecule has 2 bridgehead atoms. The van der Waals surface area contributed by atoms with Crippen molar-refractivity contribution in [2.45, 2.75) is 72.5 Å². The lowest BCUT2D eigenvalue weighted by atomic mass is 9.59. The molecule has 0 aliphatic heterocycles. The van der Waals surface area contributed by atoms with E-state index in [-0.39, 0.29) is 22.2 Å². The van der Waals surface area contributed by atoms with E-state index in [2.05, 4.69) is 46.1 Å². The summed E-state index contributed by atoms with van der Waals surface area (Å²) >= 11 is 0. The zero-order chi connectivity index (χ0) is 15.0. The quantitative estimate of drug-likeness (QED) is 0.622. The van der Waals surface area contributed by atoms with Crippen molar-refractivity contribution in [3.8, 4) is 0 Å². The molecule has 0 spiro atoms. The van der Waals surface area contributed by atoms with Gasteiger partial charge in [0.05, 0.1) is 8.07 Å². The number of hydrogen-bond acceptors (Lipinski definition) is 1. The molecule has 4 atom stereocenters. The van der Waals surface area contributed by atoms with Crippen LogP contribution < -0.4 is 0 Å². The van der Waals surface area contributed by atoms with Crippen LogP contribution in [0.4, 0.5) is 0 Å². The van der Waals surface area contributed by atoms with Gasteiger partial charge < -0.3 is 0 Å². The minimum absolute atomic E-state index is 0.0559. The van der Waals surface area contributed by atoms with E-state index in [9.17, 15) is 4.79 Å². The highest BCUT2D eigenvalue weighted by atomic mass is 28.3. The van der Waals surface area contributed by atoms with Crippen LogP contribution in [0, 0.1) is 22.2 Å². The molecular weight excluding hydrogens is 260 g/mol. The Morgan fingerprint density at radius 3 is 2.35 bits per heavy atom. The van der Waals surface area contributed by atoms with Gasteiger partial charge in [-0.25, -0.2) is 0 Å². The maximum absolute atomic E-state index is 13.2. The third-order valence-corrected chi connectivity index (χ3v) is 8.43. The number of ketones is 1. The molecule has 0 saturated heterocycles. The highest BCUT2D eigenvalue weighted by Gasteiger charge is 2.73. The van der Waals surface area contributed by atoms with E-state index in [0.29, 0.717) is 5.78 Å². The molecule has 0 unspecified atom stereocenters. The first kappa shape index (κ1) is 14.6. The molecule has 0 heterocycles. The van der Waals surface area contributed by atoms with Crippen LogP contribution in [0.25, 0.3) is 0 Å². The van der Waals surface area contributed by atoms with Gasteiger partial charge >= 0.3 is 0 Å². The minimum atomic E-state index is -1.25. The van der Waals surface area contributed by atoms with Crippen molar-refractivity contribution in [2.75, 3.05) is 0 Å². The van der Waals surface area contributed by atoms with E-state index in [0.717, 1.165) is 6.42 Å². The summed E-state index contributed by atoms with van der Waals surface area (Å²) in [7, 11) is -1.25. The Balaban J connectivity index is 2.15. The minimum Gasteiger partial charge on any atom is -0.298 e. The smallest absolute Gasteiger partial charge is 0.146 e. The normalized spacial score (nSPS) is 49.8. The van der Waals surface area contributed by atoms with Crippen LogP contribution in [-0.4, -0.2) is 13.9 Å². The van der Waals surface area contributed by atoms with E-state index in [4.69, 9.17) is 0 Å². The van der Waals surface area contributed by atoms with Gasteiger partial charge in [-0.15, -0.1) is 0 Å². The molecule has 3 aliphatic rings. The van der Waals surface area contributed by atoms with Crippen LogP contribution >= 0.6 is 0 Å². The zero-order valence-electron chi connectivity index (χ0n) is 14.1. The lowest BCUT2D eigenvalue weighted by molar-refractivity contribution is -0.132. The van der Waals surface area contributed by atoms with Crippen LogP contribution in [0.15, 0.2) is 11.3 Å². The molecule has 1 nitrogen and oxygen atoms in total. The second-order valence-electron chi connectivity index (χ2n) is 9.32. The van der Waals surface area contributed by atoms with Gasteiger partial charge in [-0.2, -0.15) is 0 Å². The highest BCUT2D eigenvalue weighted by molar-refractivity contribution is 6.81. The maximum Gasteiger partial charge on any atom is 0.146 e. The third kappa shape index (κ3) is 1.52. The molecule has 112 valence electrons. The molecular formula is C18H30OSi. The first-order valence-electron chi connectivity index (χ1n) is 8.31. The van der Waals surface area contributed by atoms with Crippen LogP contribution in [-0.2, 0) is 4.79 Å². The fourth-order valence-electron chi connectivity index (χ4n) is 5.85. The summed E-state index contributed by atoms with van der Waals surface area (Å²) in [4.78, 5) is 13.2. The fraction of sp³-hybridized carbons (Fsp3) is 0.833. The Morgan fingerprint density at radius 1 is 1.10 bits per heavy atom. The summed E-state index contributed by atoms with van der Waals surface area (Å²) < 4.78 is 0. The van der Waals surface area contributed by atoms with Crippen molar-refractivity contribution in [1.82, 2.24) is 0 Å². The van der Waals surface area contributed by atoms with Crippen molar-refractivity contribution >= 4 is 13.9 Å². The van der Waals surface area contributed by atoms with Crippen molar-refractivity contribution in [3.63, 3.8) is 0 Å². The van der Waals surface area contributed by atoms with Gasteiger partial charge in [0.1, 0.15) is 5.78 Å². The van der Waals surface area contributed by atoms with Crippen molar-refractivity contribution in [2.24, 2.45) is 22.2 Å². The Bertz CT molecular complexity index is 500. The van der Waals surface area contributed by atoms with E-state index in [1.54, 1.807) is 0 Å². The summed E-state index contributed by atoms with van der Waals surface area (Å²) in [6.07, 6.45) is 6.07. The summed E-state index contributed by atoms with van der Waals surface area (Å²) in [6.45, 7) is 14.3. The predicted molar refractivity (Wildman–Crippen MR) is 87.3 cm³/mol. The van der Waals surface area contributed by atoms with E-state index < -0.39 is 8.07 Å². The average Bonchev–Trinajstić information content (AvgIpc) is 2.63. The predicted octanol–water partition coefficient (Wildman–Crippen LogP) is 4.99. The Hall–Kier alpha value is -0.373. The lowest BCUT2D eigenvalue weighted by Gasteiger charge is -2.43. The molecule has 2 heteroatoms. The largest absolute Gasteiger partial charge is 0.298 e. The molecule has 0 amide bonds. The number of rotatable bonds is 1. The van der Waals surface area contributed by atoms with Crippen LogP contribution in [0.3, 0.4) is 0 Å². The summed E-state index contributed by atoms with van der Waals surface area (Å²) in [5, 5.41) is 0. The number of carbonyl (C=O) groups excluding carboxylic acids is 1. The molecule has 20 heavy (non-hydrogen) atoms. The summed E-state index contributed by atoms with van der Waals surface area (Å²) in [6, 6.07) is 0. The third-order valence-electron chi connectivity index (χ3n) is 7.20. The van der Waals surface area contributed by atoms with Gasteiger partial charge in [-0.05, 0) is 36.5 Å².